The Labute approximate surface area is 110 Å². The van der Waals surface area contributed by atoms with Crippen molar-refractivity contribution in [2.45, 2.75) is 63.6 Å². The average molecular weight is 247 g/mol. The molecule has 0 aliphatic heterocycles. The number of nitrogens with one attached hydrogen (secondary N) is 1. The van der Waals surface area contributed by atoms with Crippen LogP contribution in [0, 0.1) is 0 Å². The highest BCUT2D eigenvalue weighted by Gasteiger charge is 2.22. The molecule has 18 heavy (non-hydrogen) atoms. The first-order chi connectivity index (χ1) is 8.77. The van der Waals surface area contributed by atoms with Crippen molar-refractivity contribution in [3.05, 3.63) is 35.9 Å². The van der Waals surface area contributed by atoms with Gasteiger partial charge in [-0.25, -0.2) is 0 Å². The summed E-state index contributed by atoms with van der Waals surface area (Å²) in [5.41, 5.74) is 1.30. The third-order valence-corrected chi connectivity index (χ3v) is 3.99. The second kappa shape index (κ2) is 6.91. The zero-order valence-corrected chi connectivity index (χ0v) is 11.3. The summed E-state index contributed by atoms with van der Waals surface area (Å²) in [7, 11) is 0. The van der Waals surface area contributed by atoms with E-state index < -0.39 is 0 Å². The predicted molar refractivity (Wildman–Crippen MR) is 75.5 cm³/mol. The Hall–Kier alpha value is -0.860. The molecule has 0 unspecified atom stereocenters. The first-order valence-corrected chi connectivity index (χ1v) is 7.26. The van der Waals surface area contributed by atoms with Crippen LogP contribution < -0.4 is 5.32 Å². The Morgan fingerprint density at radius 3 is 2.44 bits per heavy atom. The van der Waals surface area contributed by atoms with Gasteiger partial charge in [-0.2, -0.15) is 0 Å². The van der Waals surface area contributed by atoms with Crippen LogP contribution in [-0.4, -0.2) is 17.3 Å². The number of hydrogen-bond acceptors (Lipinski definition) is 2. The molecular weight excluding hydrogens is 222 g/mol. The minimum Gasteiger partial charge on any atom is -0.392 e. The normalized spacial score (nSPS) is 27.2. The molecule has 2 N–H and O–H groups in total. The molecule has 2 heteroatoms. The predicted octanol–water partition coefficient (Wildman–Crippen LogP) is 3.42. The highest BCUT2D eigenvalue weighted by Crippen LogP contribution is 2.21. The van der Waals surface area contributed by atoms with Gasteiger partial charge in [0, 0.05) is 12.1 Å². The van der Waals surface area contributed by atoms with Crippen molar-refractivity contribution < 1.29 is 5.11 Å². The van der Waals surface area contributed by atoms with Crippen LogP contribution >= 0.6 is 0 Å². The molecule has 0 radical (unpaired) electrons. The molecule has 1 fully saturated rings. The standard InChI is InChI=1S/C16H25NO/c1-13(14-9-5-4-6-10-14)17-15-11-7-2-3-8-12-16(15)18/h4-6,9-10,13,15-18H,2-3,7-8,11-12H2,1H3/t13-,15-,16-/m0/s1. The molecule has 2 rings (SSSR count). The van der Waals surface area contributed by atoms with Crippen molar-refractivity contribution in [2.75, 3.05) is 0 Å². The molecule has 0 spiro atoms. The number of aliphatic hydroxyl groups is 1. The third kappa shape index (κ3) is 3.82. The quantitative estimate of drug-likeness (QED) is 0.857. The van der Waals surface area contributed by atoms with Crippen LogP contribution in [0.4, 0.5) is 0 Å². The summed E-state index contributed by atoms with van der Waals surface area (Å²) in [5, 5.41) is 13.8. The highest BCUT2D eigenvalue weighted by molar-refractivity contribution is 5.18. The molecule has 1 aliphatic carbocycles. The Bertz CT molecular complexity index is 338. The number of rotatable bonds is 3. The number of benzene rings is 1. The fourth-order valence-electron chi connectivity index (χ4n) is 2.82. The maximum Gasteiger partial charge on any atom is 0.0693 e. The lowest BCUT2D eigenvalue weighted by molar-refractivity contribution is 0.0985. The second-order valence-electron chi connectivity index (χ2n) is 5.46. The highest BCUT2D eigenvalue weighted by atomic mass is 16.3. The van der Waals surface area contributed by atoms with E-state index in [2.05, 4.69) is 36.5 Å². The molecule has 1 aromatic rings. The van der Waals surface area contributed by atoms with E-state index in [0.717, 1.165) is 12.8 Å². The SMILES string of the molecule is C[C@H](N[C@H]1CCCCCC[C@@H]1O)c1ccccc1. The molecule has 100 valence electrons. The molecule has 0 saturated heterocycles. The van der Waals surface area contributed by atoms with Crippen molar-refractivity contribution in [2.24, 2.45) is 0 Å². The van der Waals surface area contributed by atoms with Crippen LogP contribution in [-0.2, 0) is 0 Å². The van der Waals surface area contributed by atoms with E-state index in [-0.39, 0.29) is 12.1 Å². The van der Waals surface area contributed by atoms with Gasteiger partial charge in [0.1, 0.15) is 0 Å². The second-order valence-corrected chi connectivity index (χ2v) is 5.46. The maximum atomic E-state index is 10.2. The number of hydrogen-bond donors (Lipinski definition) is 2. The van der Waals surface area contributed by atoms with Gasteiger partial charge in [0.25, 0.3) is 0 Å². The summed E-state index contributed by atoms with van der Waals surface area (Å²) in [5.74, 6) is 0. The van der Waals surface area contributed by atoms with Crippen LogP contribution in [0.25, 0.3) is 0 Å². The fourth-order valence-corrected chi connectivity index (χ4v) is 2.82. The van der Waals surface area contributed by atoms with Crippen molar-refractivity contribution >= 4 is 0 Å². The Morgan fingerprint density at radius 1 is 1.06 bits per heavy atom. The van der Waals surface area contributed by atoms with E-state index in [9.17, 15) is 5.11 Å². The van der Waals surface area contributed by atoms with Crippen LogP contribution in [0.5, 0.6) is 0 Å². The van der Waals surface area contributed by atoms with Gasteiger partial charge in [0.15, 0.2) is 0 Å². The molecule has 0 amide bonds. The molecule has 1 saturated carbocycles. The lowest BCUT2D eigenvalue weighted by Crippen LogP contribution is -2.41. The van der Waals surface area contributed by atoms with E-state index in [4.69, 9.17) is 0 Å². The molecule has 0 bridgehead atoms. The molecule has 3 atom stereocenters. The molecule has 2 nitrogen and oxygen atoms in total. The smallest absolute Gasteiger partial charge is 0.0693 e. The largest absolute Gasteiger partial charge is 0.392 e. The van der Waals surface area contributed by atoms with Crippen LogP contribution in [0.3, 0.4) is 0 Å². The van der Waals surface area contributed by atoms with Crippen molar-refractivity contribution in [3.63, 3.8) is 0 Å². The van der Waals surface area contributed by atoms with E-state index in [1.54, 1.807) is 0 Å². The summed E-state index contributed by atoms with van der Waals surface area (Å²) >= 11 is 0. The van der Waals surface area contributed by atoms with Crippen LogP contribution in [0.2, 0.25) is 0 Å². The van der Waals surface area contributed by atoms with E-state index in [1.807, 2.05) is 6.07 Å². The average Bonchev–Trinajstić information content (AvgIpc) is 2.39. The zero-order chi connectivity index (χ0) is 12.8. The Kier molecular flexibility index (Phi) is 5.21. The van der Waals surface area contributed by atoms with Crippen LogP contribution in [0.15, 0.2) is 30.3 Å². The van der Waals surface area contributed by atoms with Gasteiger partial charge >= 0.3 is 0 Å². The third-order valence-electron chi connectivity index (χ3n) is 3.99. The summed E-state index contributed by atoms with van der Waals surface area (Å²) in [6.07, 6.45) is 6.84. The van der Waals surface area contributed by atoms with E-state index in [1.165, 1.54) is 31.2 Å². The lowest BCUT2D eigenvalue weighted by Gasteiger charge is -2.29. The monoisotopic (exact) mass is 247 g/mol. The molecular formula is C16H25NO. The molecule has 1 aromatic carbocycles. The van der Waals surface area contributed by atoms with Gasteiger partial charge in [0.2, 0.25) is 0 Å². The summed E-state index contributed by atoms with van der Waals surface area (Å²) in [6.45, 7) is 2.18. The Balaban J connectivity index is 1.94. The maximum absolute atomic E-state index is 10.2. The van der Waals surface area contributed by atoms with E-state index >= 15 is 0 Å². The summed E-state index contributed by atoms with van der Waals surface area (Å²) in [6, 6.07) is 11.0. The van der Waals surface area contributed by atoms with Gasteiger partial charge in [-0.3, -0.25) is 0 Å². The summed E-state index contributed by atoms with van der Waals surface area (Å²) < 4.78 is 0. The first kappa shape index (κ1) is 13.6. The fraction of sp³-hybridized carbons (Fsp3) is 0.625. The first-order valence-electron chi connectivity index (χ1n) is 7.26. The van der Waals surface area contributed by atoms with Gasteiger partial charge < -0.3 is 10.4 Å². The van der Waals surface area contributed by atoms with Gasteiger partial charge in [-0.15, -0.1) is 0 Å². The summed E-state index contributed by atoms with van der Waals surface area (Å²) in [4.78, 5) is 0. The molecule has 0 aromatic heterocycles. The lowest BCUT2D eigenvalue weighted by atomic mass is 9.93. The van der Waals surface area contributed by atoms with Gasteiger partial charge in [-0.1, -0.05) is 56.0 Å². The zero-order valence-electron chi connectivity index (χ0n) is 11.3. The van der Waals surface area contributed by atoms with Crippen molar-refractivity contribution in [1.29, 1.82) is 0 Å². The van der Waals surface area contributed by atoms with Crippen LogP contribution in [0.1, 0.15) is 57.1 Å². The van der Waals surface area contributed by atoms with Crippen molar-refractivity contribution in [1.82, 2.24) is 5.32 Å². The minimum atomic E-state index is -0.184. The van der Waals surface area contributed by atoms with E-state index in [0.29, 0.717) is 6.04 Å². The number of aliphatic hydroxyl groups excluding tert-OH is 1. The molecule has 1 aliphatic rings. The minimum absolute atomic E-state index is 0.184. The van der Waals surface area contributed by atoms with Gasteiger partial charge in [-0.05, 0) is 25.3 Å². The molecule has 0 heterocycles. The van der Waals surface area contributed by atoms with Gasteiger partial charge in [0.05, 0.1) is 6.10 Å². The van der Waals surface area contributed by atoms with Crippen molar-refractivity contribution in [3.8, 4) is 0 Å². The Morgan fingerprint density at radius 2 is 1.72 bits per heavy atom. The topological polar surface area (TPSA) is 32.3 Å².